The molecule has 0 saturated carbocycles. The first kappa shape index (κ1) is 18.4. The number of benzene rings is 1. The number of carbonyl (C=O) groups is 1. The topological polar surface area (TPSA) is 84.3 Å². The molecule has 1 aliphatic heterocycles. The van der Waals surface area contributed by atoms with Crippen molar-refractivity contribution in [3.63, 3.8) is 0 Å². The van der Waals surface area contributed by atoms with Gasteiger partial charge in [-0.3, -0.25) is 0 Å². The molecule has 3 rings (SSSR count). The van der Waals surface area contributed by atoms with Crippen LogP contribution < -0.4 is 5.32 Å². The first-order valence-corrected chi connectivity index (χ1v) is 10.5. The first-order valence-electron chi connectivity index (χ1n) is 8.63. The molecule has 0 aliphatic carbocycles. The van der Waals surface area contributed by atoms with Crippen LogP contribution in [-0.4, -0.2) is 53.5 Å². The Morgan fingerprint density at radius 2 is 1.92 bits per heavy atom. The van der Waals surface area contributed by atoms with Crippen LogP contribution in [0.25, 0.3) is 0 Å². The van der Waals surface area contributed by atoms with Gasteiger partial charge < -0.3 is 14.8 Å². The number of hydrogen-bond acceptors (Lipinski definition) is 4. The van der Waals surface area contributed by atoms with Crippen LogP contribution in [0, 0.1) is 0 Å². The number of nitrogens with one attached hydrogen (secondary N) is 1. The molecule has 2 heterocycles. The van der Waals surface area contributed by atoms with Crippen LogP contribution in [0.5, 0.6) is 0 Å². The van der Waals surface area contributed by atoms with E-state index in [0.717, 1.165) is 11.4 Å². The summed E-state index contributed by atoms with van der Waals surface area (Å²) in [4.78, 5) is 18.8. The maximum Gasteiger partial charge on any atom is 0.318 e. The summed E-state index contributed by atoms with van der Waals surface area (Å²) in [5, 5.41) is 3.05. The molecule has 1 fully saturated rings. The SMILES string of the molecule is CN(C(=O)N[C@@H](c1ccccc1)c1nccn1C)C1CCS(=O)(=O)CC1. The summed E-state index contributed by atoms with van der Waals surface area (Å²) in [6.07, 6.45) is 4.50. The van der Waals surface area contributed by atoms with Crippen molar-refractivity contribution in [2.24, 2.45) is 7.05 Å². The number of aryl methyl sites for hydroxylation is 1. The number of amides is 2. The fourth-order valence-corrected chi connectivity index (χ4v) is 4.72. The second-order valence-corrected chi connectivity index (χ2v) is 8.99. The molecular weight excluding hydrogens is 352 g/mol. The highest BCUT2D eigenvalue weighted by molar-refractivity contribution is 7.91. The van der Waals surface area contributed by atoms with Gasteiger partial charge in [0.25, 0.3) is 0 Å². The van der Waals surface area contributed by atoms with Crippen molar-refractivity contribution in [2.45, 2.75) is 24.9 Å². The van der Waals surface area contributed by atoms with Gasteiger partial charge in [0.2, 0.25) is 0 Å². The molecule has 1 aromatic heterocycles. The summed E-state index contributed by atoms with van der Waals surface area (Å²) < 4.78 is 25.1. The summed E-state index contributed by atoms with van der Waals surface area (Å²) in [6.45, 7) is 0. The minimum Gasteiger partial charge on any atom is -0.336 e. The van der Waals surface area contributed by atoms with E-state index < -0.39 is 9.84 Å². The Hall–Kier alpha value is -2.35. The fourth-order valence-electron chi connectivity index (χ4n) is 3.25. The van der Waals surface area contributed by atoms with Gasteiger partial charge in [-0.15, -0.1) is 0 Å². The minimum absolute atomic E-state index is 0.0729. The maximum atomic E-state index is 12.8. The lowest BCUT2D eigenvalue weighted by atomic mass is 10.1. The smallest absolute Gasteiger partial charge is 0.318 e. The van der Waals surface area contributed by atoms with E-state index in [9.17, 15) is 13.2 Å². The Labute approximate surface area is 154 Å². The monoisotopic (exact) mass is 376 g/mol. The van der Waals surface area contributed by atoms with Crippen molar-refractivity contribution in [1.29, 1.82) is 0 Å². The van der Waals surface area contributed by atoms with Gasteiger partial charge in [-0.2, -0.15) is 0 Å². The lowest BCUT2D eigenvalue weighted by Crippen LogP contribution is -2.48. The summed E-state index contributed by atoms with van der Waals surface area (Å²) in [6, 6.07) is 9.00. The van der Waals surface area contributed by atoms with Crippen LogP contribution >= 0.6 is 0 Å². The van der Waals surface area contributed by atoms with Crippen LogP contribution in [0.4, 0.5) is 4.79 Å². The number of nitrogens with zero attached hydrogens (tertiary/aromatic N) is 3. The van der Waals surface area contributed by atoms with Crippen LogP contribution in [0.2, 0.25) is 0 Å². The maximum absolute atomic E-state index is 12.8. The highest BCUT2D eigenvalue weighted by Crippen LogP contribution is 2.22. The normalized spacial score (nSPS) is 18.2. The average molecular weight is 376 g/mol. The molecule has 0 spiro atoms. The highest BCUT2D eigenvalue weighted by atomic mass is 32.2. The van der Waals surface area contributed by atoms with Crippen molar-refractivity contribution in [3.8, 4) is 0 Å². The predicted molar refractivity (Wildman–Crippen MR) is 99.5 cm³/mol. The Balaban J connectivity index is 1.77. The molecule has 1 saturated heterocycles. The second kappa shape index (κ2) is 7.49. The van der Waals surface area contributed by atoms with Gasteiger partial charge in [-0.25, -0.2) is 18.2 Å². The first-order chi connectivity index (χ1) is 12.4. The van der Waals surface area contributed by atoms with Gasteiger partial charge in [-0.1, -0.05) is 30.3 Å². The van der Waals surface area contributed by atoms with Crippen LogP contribution in [0.15, 0.2) is 42.7 Å². The van der Waals surface area contributed by atoms with Gasteiger partial charge >= 0.3 is 6.03 Å². The van der Waals surface area contributed by atoms with Crippen LogP contribution in [-0.2, 0) is 16.9 Å². The minimum atomic E-state index is -2.95. The number of imidazole rings is 1. The molecule has 2 aromatic rings. The Kier molecular flexibility index (Phi) is 5.31. The number of carbonyl (C=O) groups excluding carboxylic acids is 1. The zero-order valence-corrected chi connectivity index (χ0v) is 15.8. The molecule has 0 bridgehead atoms. The van der Waals surface area contributed by atoms with Gasteiger partial charge in [0.1, 0.15) is 21.7 Å². The largest absolute Gasteiger partial charge is 0.336 e. The van der Waals surface area contributed by atoms with Crippen molar-refractivity contribution < 1.29 is 13.2 Å². The number of hydrogen-bond donors (Lipinski definition) is 1. The molecule has 1 atom stereocenters. The van der Waals surface area contributed by atoms with Crippen molar-refractivity contribution >= 4 is 15.9 Å². The Morgan fingerprint density at radius 1 is 1.27 bits per heavy atom. The van der Waals surface area contributed by atoms with Crippen molar-refractivity contribution in [2.75, 3.05) is 18.6 Å². The molecule has 140 valence electrons. The molecule has 0 unspecified atom stereocenters. The third-order valence-corrected chi connectivity index (χ3v) is 6.63. The molecular formula is C18H24N4O3S. The number of aromatic nitrogens is 2. The van der Waals surface area contributed by atoms with E-state index in [-0.39, 0.29) is 29.6 Å². The van der Waals surface area contributed by atoms with Gasteiger partial charge in [0, 0.05) is 32.5 Å². The number of sulfone groups is 1. The number of rotatable bonds is 4. The van der Waals surface area contributed by atoms with E-state index in [1.54, 1.807) is 18.1 Å². The van der Waals surface area contributed by atoms with E-state index in [4.69, 9.17) is 0 Å². The zero-order chi connectivity index (χ0) is 18.7. The quantitative estimate of drug-likeness (QED) is 0.881. The van der Waals surface area contributed by atoms with Crippen molar-refractivity contribution in [1.82, 2.24) is 19.8 Å². The van der Waals surface area contributed by atoms with Crippen LogP contribution in [0.1, 0.15) is 30.3 Å². The number of urea groups is 1. The van der Waals surface area contributed by atoms with Crippen molar-refractivity contribution in [3.05, 3.63) is 54.1 Å². The lowest BCUT2D eigenvalue weighted by molar-refractivity contribution is 0.183. The predicted octanol–water partition coefficient (Wildman–Crippen LogP) is 1.73. The lowest BCUT2D eigenvalue weighted by Gasteiger charge is -2.32. The molecule has 1 N–H and O–H groups in total. The summed E-state index contributed by atoms with van der Waals surface area (Å²) in [7, 11) is 0.656. The second-order valence-electron chi connectivity index (χ2n) is 6.68. The standard InChI is InChI=1S/C18H24N4O3S/c1-21-11-10-19-17(21)16(14-6-4-3-5-7-14)20-18(23)22(2)15-8-12-26(24,25)13-9-15/h3-7,10-11,15-16H,8-9,12-13H2,1-2H3,(H,20,23)/t16-/m0/s1. The summed E-state index contributed by atoms with van der Waals surface area (Å²) in [5.41, 5.74) is 0.940. The Bertz CT molecular complexity index is 850. The molecule has 8 heteroatoms. The van der Waals surface area contributed by atoms with E-state index in [1.807, 2.05) is 48.1 Å². The highest BCUT2D eigenvalue weighted by Gasteiger charge is 2.30. The Morgan fingerprint density at radius 3 is 2.50 bits per heavy atom. The molecule has 7 nitrogen and oxygen atoms in total. The molecule has 1 aromatic carbocycles. The van der Waals surface area contributed by atoms with E-state index in [2.05, 4.69) is 10.3 Å². The van der Waals surface area contributed by atoms with Gasteiger partial charge in [0.15, 0.2) is 0 Å². The van der Waals surface area contributed by atoms with Crippen LogP contribution in [0.3, 0.4) is 0 Å². The van der Waals surface area contributed by atoms with E-state index in [0.29, 0.717) is 12.8 Å². The fraction of sp³-hybridized carbons (Fsp3) is 0.444. The summed E-state index contributed by atoms with van der Waals surface area (Å²) in [5.74, 6) is 1.01. The third kappa shape index (κ3) is 4.07. The van der Waals surface area contributed by atoms with E-state index in [1.165, 1.54) is 0 Å². The molecule has 0 radical (unpaired) electrons. The van der Waals surface area contributed by atoms with Gasteiger partial charge in [-0.05, 0) is 18.4 Å². The van der Waals surface area contributed by atoms with E-state index >= 15 is 0 Å². The molecule has 1 aliphatic rings. The molecule has 26 heavy (non-hydrogen) atoms. The third-order valence-electron chi connectivity index (χ3n) is 4.91. The average Bonchev–Trinajstić information content (AvgIpc) is 3.05. The van der Waals surface area contributed by atoms with Gasteiger partial charge in [0.05, 0.1) is 11.5 Å². The zero-order valence-electron chi connectivity index (χ0n) is 15.0. The molecule has 2 amide bonds. The summed E-state index contributed by atoms with van der Waals surface area (Å²) >= 11 is 0.